The lowest BCUT2D eigenvalue weighted by Gasteiger charge is -2.28. The minimum absolute atomic E-state index is 0.173. The van der Waals surface area contributed by atoms with Crippen LogP contribution >= 0.6 is 0 Å². The third kappa shape index (κ3) is 5.52. The lowest BCUT2D eigenvalue weighted by Crippen LogP contribution is -2.22. The standard InChI is InChI=1S/C28H25F7O/c1-2-17-7-9-18(10-8-17)19-11-13-21(14-12-19)28(34,35)36-25-6-4-3-5-22(25)20-15-23(29)26(24(30)16-20)27(31,32)33/h3-6,11-18H,2,7-10H2,1H3. The fourth-order valence-corrected chi connectivity index (χ4v) is 4.84. The van der Waals surface area contributed by atoms with Gasteiger partial charge in [0.15, 0.2) is 0 Å². The van der Waals surface area contributed by atoms with E-state index in [1.54, 1.807) is 12.1 Å². The van der Waals surface area contributed by atoms with E-state index in [4.69, 9.17) is 4.74 Å². The molecule has 8 heteroatoms. The van der Waals surface area contributed by atoms with Crippen molar-refractivity contribution in [3.63, 3.8) is 0 Å². The summed E-state index contributed by atoms with van der Waals surface area (Å²) in [7, 11) is 0. The Morgan fingerprint density at radius 2 is 1.39 bits per heavy atom. The van der Waals surface area contributed by atoms with E-state index >= 15 is 8.78 Å². The van der Waals surface area contributed by atoms with E-state index < -0.39 is 40.8 Å². The van der Waals surface area contributed by atoms with Gasteiger partial charge in [0.05, 0.1) is 5.56 Å². The van der Waals surface area contributed by atoms with Crippen LogP contribution in [-0.4, -0.2) is 0 Å². The van der Waals surface area contributed by atoms with Gasteiger partial charge in [-0.25, -0.2) is 8.78 Å². The second kappa shape index (κ2) is 10.1. The molecule has 36 heavy (non-hydrogen) atoms. The Balaban J connectivity index is 1.57. The van der Waals surface area contributed by atoms with Crippen molar-refractivity contribution in [2.24, 2.45) is 5.92 Å². The summed E-state index contributed by atoms with van der Waals surface area (Å²) in [6, 6.07) is 12.0. The molecule has 0 atom stereocenters. The molecule has 1 nitrogen and oxygen atoms in total. The summed E-state index contributed by atoms with van der Waals surface area (Å²) in [5.41, 5.74) is -2.00. The summed E-state index contributed by atoms with van der Waals surface area (Å²) in [4.78, 5) is 0. The van der Waals surface area contributed by atoms with Gasteiger partial charge >= 0.3 is 12.3 Å². The van der Waals surface area contributed by atoms with E-state index in [-0.39, 0.29) is 11.1 Å². The Labute approximate surface area is 204 Å². The van der Waals surface area contributed by atoms with E-state index in [0.29, 0.717) is 24.0 Å². The van der Waals surface area contributed by atoms with E-state index in [0.717, 1.165) is 43.7 Å². The van der Waals surface area contributed by atoms with Crippen LogP contribution in [0.25, 0.3) is 11.1 Å². The summed E-state index contributed by atoms with van der Waals surface area (Å²) in [6.45, 7) is 2.17. The zero-order valence-electron chi connectivity index (χ0n) is 19.5. The van der Waals surface area contributed by atoms with E-state index in [1.165, 1.54) is 30.3 Å². The largest absolute Gasteiger partial charge is 0.428 e. The van der Waals surface area contributed by atoms with Gasteiger partial charge in [0, 0.05) is 5.56 Å². The topological polar surface area (TPSA) is 9.23 Å². The van der Waals surface area contributed by atoms with Crippen LogP contribution in [0, 0.1) is 17.6 Å². The average molecular weight is 510 g/mol. The fraction of sp³-hybridized carbons (Fsp3) is 0.357. The summed E-state index contributed by atoms with van der Waals surface area (Å²) in [5.74, 6) is -3.08. The first-order valence-electron chi connectivity index (χ1n) is 11.8. The predicted molar refractivity (Wildman–Crippen MR) is 123 cm³/mol. The quantitative estimate of drug-likeness (QED) is 0.300. The molecule has 0 N–H and O–H groups in total. The lowest BCUT2D eigenvalue weighted by molar-refractivity contribution is -0.185. The summed E-state index contributed by atoms with van der Waals surface area (Å²) in [5, 5.41) is 0. The van der Waals surface area contributed by atoms with E-state index in [9.17, 15) is 22.0 Å². The molecule has 0 saturated heterocycles. The lowest BCUT2D eigenvalue weighted by atomic mass is 9.78. The Morgan fingerprint density at radius 3 is 1.94 bits per heavy atom. The zero-order chi connectivity index (χ0) is 26.1. The third-order valence-electron chi connectivity index (χ3n) is 6.90. The number of alkyl halides is 5. The molecule has 192 valence electrons. The zero-order valence-corrected chi connectivity index (χ0v) is 19.5. The highest BCUT2D eigenvalue weighted by atomic mass is 19.4. The van der Waals surface area contributed by atoms with Crippen LogP contribution in [0.4, 0.5) is 30.7 Å². The molecule has 1 fully saturated rings. The average Bonchev–Trinajstić information content (AvgIpc) is 2.83. The maximum absolute atomic E-state index is 15.1. The van der Waals surface area contributed by atoms with Crippen LogP contribution in [0.15, 0.2) is 60.7 Å². The molecule has 3 aromatic carbocycles. The van der Waals surface area contributed by atoms with Crippen LogP contribution in [0.2, 0.25) is 0 Å². The van der Waals surface area contributed by atoms with Gasteiger partial charge in [0.2, 0.25) is 0 Å². The van der Waals surface area contributed by atoms with Crippen molar-refractivity contribution in [1.82, 2.24) is 0 Å². The molecule has 1 saturated carbocycles. The summed E-state index contributed by atoms with van der Waals surface area (Å²) < 4.78 is 102. The molecule has 0 bridgehead atoms. The Morgan fingerprint density at radius 1 is 0.806 bits per heavy atom. The molecule has 0 spiro atoms. The number of para-hydroxylation sites is 1. The highest BCUT2D eigenvalue weighted by molar-refractivity contribution is 5.71. The minimum Gasteiger partial charge on any atom is -0.428 e. The van der Waals surface area contributed by atoms with Crippen LogP contribution in [0.3, 0.4) is 0 Å². The first-order valence-corrected chi connectivity index (χ1v) is 11.8. The molecule has 0 aliphatic heterocycles. The van der Waals surface area contributed by atoms with Crippen molar-refractivity contribution in [3.8, 4) is 16.9 Å². The Kier molecular flexibility index (Phi) is 7.34. The van der Waals surface area contributed by atoms with Gasteiger partial charge in [-0.05, 0) is 79.0 Å². The first-order chi connectivity index (χ1) is 17.0. The Bertz CT molecular complexity index is 1170. The van der Waals surface area contributed by atoms with Gasteiger partial charge in [-0.2, -0.15) is 22.0 Å². The molecule has 0 radical (unpaired) electrons. The van der Waals surface area contributed by atoms with Crippen molar-refractivity contribution in [1.29, 1.82) is 0 Å². The Hall–Kier alpha value is -3.03. The van der Waals surface area contributed by atoms with Crippen molar-refractivity contribution in [2.45, 2.75) is 57.2 Å². The van der Waals surface area contributed by atoms with Gasteiger partial charge in [-0.15, -0.1) is 0 Å². The molecule has 3 aromatic rings. The highest BCUT2D eigenvalue weighted by Gasteiger charge is 2.39. The van der Waals surface area contributed by atoms with Gasteiger partial charge in [0.25, 0.3) is 0 Å². The van der Waals surface area contributed by atoms with Crippen molar-refractivity contribution in [2.75, 3.05) is 0 Å². The maximum Gasteiger partial charge on any atom is 0.426 e. The monoisotopic (exact) mass is 510 g/mol. The fourth-order valence-electron chi connectivity index (χ4n) is 4.84. The SMILES string of the molecule is CCC1CCC(c2ccc(C(F)(F)Oc3ccccc3-c3cc(F)c(C(F)(F)F)c(F)c3)cc2)CC1. The van der Waals surface area contributed by atoms with Gasteiger partial charge in [-0.1, -0.05) is 43.7 Å². The number of rotatable bonds is 6. The molecule has 0 aromatic heterocycles. The molecule has 0 unspecified atom stereocenters. The smallest absolute Gasteiger partial charge is 0.426 e. The highest BCUT2D eigenvalue weighted by Crippen LogP contribution is 2.41. The molecule has 0 amide bonds. The van der Waals surface area contributed by atoms with E-state index in [2.05, 4.69) is 6.92 Å². The molecular weight excluding hydrogens is 485 g/mol. The number of halogens is 7. The van der Waals surface area contributed by atoms with Crippen LogP contribution in [0.1, 0.15) is 61.6 Å². The molecule has 0 heterocycles. The van der Waals surface area contributed by atoms with Crippen molar-refractivity contribution < 1.29 is 35.5 Å². The molecule has 1 aliphatic carbocycles. The third-order valence-corrected chi connectivity index (χ3v) is 6.90. The second-order valence-electron chi connectivity index (χ2n) is 9.18. The van der Waals surface area contributed by atoms with Crippen molar-refractivity contribution in [3.05, 3.63) is 89.0 Å². The van der Waals surface area contributed by atoms with Gasteiger partial charge < -0.3 is 4.74 Å². The van der Waals surface area contributed by atoms with Crippen LogP contribution < -0.4 is 4.74 Å². The number of ether oxygens (including phenoxy) is 1. The second-order valence-corrected chi connectivity index (χ2v) is 9.18. The van der Waals surface area contributed by atoms with Crippen molar-refractivity contribution >= 4 is 0 Å². The minimum atomic E-state index is -5.24. The van der Waals surface area contributed by atoms with E-state index in [1.807, 2.05) is 0 Å². The molecule has 4 rings (SSSR count). The predicted octanol–water partition coefficient (Wildman–Crippen LogP) is 9.46. The maximum atomic E-state index is 15.1. The van der Waals surface area contributed by atoms with Gasteiger partial charge in [0.1, 0.15) is 22.9 Å². The first kappa shape index (κ1) is 26.0. The van der Waals surface area contributed by atoms with Crippen LogP contribution in [-0.2, 0) is 12.3 Å². The van der Waals surface area contributed by atoms with Crippen LogP contribution in [0.5, 0.6) is 5.75 Å². The molecule has 1 aliphatic rings. The number of benzene rings is 3. The normalized spacial score (nSPS) is 18.8. The molecular formula is C28H25F7O. The number of hydrogen-bond acceptors (Lipinski definition) is 1. The summed E-state index contributed by atoms with van der Waals surface area (Å²) >= 11 is 0. The number of hydrogen-bond donors (Lipinski definition) is 0. The van der Waals surface area contributed by atoms with Gasteiger partial charge in [-0.3, -0.25) is 0 Å². The summed E-state index contributed by atoms with van der Waals surface area (Å²) in [6.07, 6.45) is -3.64.